The van der Waals surface area contributed by atoms with Gasteiger partial charge in [-0.15, -0.1) is 0 Å². The number of carbonyl (C=O) groups is 1. The average Bonchev–Trinajstić information content (AvgIpc) is 1.89. The molecule has 0 aliphatic heterocycles. The lowest BCUT2D eigenvalue weighted by Gasteiger charge is -1.78. The number of hydrogen-bond donors (Lipinski definition) is 0. The van der Waals surface area contributed by atoms with Crippen LogP contribution in [0.15, 0.2) is 29.4 Å². The maximum atomic E-state index is 9.86. The molecule has 48 valence electrons. The first-order valence-electron chi connectivity index (χ1n) is 2.60. The predicted molar refractivity (Wildman–Crippen MR) is 38.5 cm³/mol. The van der Waals surface area contributed by atoms with Crippen molar-refractivity contribution in [3.63, 3.8) is 0 Å². The molecule has 0 bridgehead atoms. The summed E-state index contributed by atoms with van der Waals surface area (Å²) in [6.45, 7) is 5.22. The fraction of sp³-hybridized carbons (Fsp3) is 0.143. The summed E-state index contributed by atoms with van der Waals surface area (Å²) in [6, 6.07) is 0. The Morgan fingerprint density at radius 3 is 2.78 bits per heavy atom. The Hall–Kier alpha value is -1.18. The second-order valence-electron chi connectivity index (χ2n) is 1.41. The van der Waals surface area contributed by atoms with Crippen LogP contribution in [0.4, 0.5) is 0 Å². The molecule has 0 rings (SSSR count). The zero-order valence-electron chi connectivity index (χ0n) is 5.37. The van der Waals surface area contributed by atoms with Crippen LogP contribution in [0.5, 0.6) is 0 Å². The Morgan fingerprint density at radius 1 is 1.67 bits per heavy atom. The van der Waals surface area contributed by atoms with Gasteiger partial charge in [-0.3, -0.25) is 9.79 Å². The van der Waals surface area contributed by atoms with Crippen molar-refractivity contribution in [2.75, 3.05) is 0 Å². The van der Waals surface area contributed by atoms with E-state index < -0.39 is 0 Å². The van der Waals surface area contributed by atoms with Crippen molar-refractivity contribution in [1.82, 2.24) is 0 Å². The molecule has 0 aromatic carbocycles. The minimum Gasteiger partial charge on any atom is -0.296 e. The van der Waals surface area contributed by atoms with Crippen LogP contribution in [0.2, 0.25) is 0 Å². The normalized spacial score (nSPS) is 10.8. The minimum absolute atomic E-state index is 0.244. The molecule has 0 fully saturated rings. The summed E-state index contributed by atoms with van der Waals surface area (Å²) in [5.74, 6) is 0. The first kappa shape index (κ1) is 7.82. The first-order chi connectivity index (χ1) is 4.31. The van der Waals surface area contributed by atoms with Crippen LogP contribution in [0, 0.1) is 0 Å². The van der Waals surface area contributed by atoms with Crippen molar-refractivity contribution in [1.29, 1.82) is 0 Å². The van der Waals surface area contributed by atoms with Crippen LogP contribution in [-0.2, 0) is 4.79 Å². The molecule has 0 saturated carbocycles. The second kappa shape index (κ2) is 4.97. The van der Waals surface area contributed by atoms with Gasteiger partial charge in [-0.25, -0.2) is 0 Å². The summed E-state index contributed by atoms with van der Waals surface area (Å²) >= 11 is 0. The number of allylic oxidation sites excluding steroid dienone is 3. The van der Waals surface area contributed by atoms with Crippen molar-refractivity contribution < 1.29 is 4.79 Å². The molecular weight excluding hydrogens is 114 g/mol. The molecule has 0 aliphatic carbocycles. The van der Waals surface area contributed by atoms with Gasteiger partial charge in [0.2, 0.25) is 0 Å². The molecule has 0 saturated heterocycles. The number of aliphatic imine (C=N–C) groups is 1. The average molecular weight is 123 g/mol. The Balaban J connectivity index is 3.70. The molecule has 0 amide bonds. The van der Waals surface area contributed by atoms with Crippen molar-refractivity contribution >= 4 is 12.5 Å². The van der Waals surface area contributed by atoms with E-state index in [1.165, 1.54) is 6.21 Å². The lowest BCUT2D eigenvalue weighted by atomic mass is 10.5. The van der Waals surface area contributed by atoms with Crippen LogP contribution in [0.3, 0.4) is 0 Å². The molecule has 0 heterocycles. The number of nitrogens with zero attached hydrogens (tertiary/aromatic N) is 1. The van der Waals surface area contributed by atoms with E-state index in [1.807, 2.05) is 13.0 Å². The van der Waals surface area contributed by atoms with Crippen LogP contribution in [0.1, 0.15) is 6.92 Å². The van der Waals surface area contributed by atoms with Gasteiger partial charge >= 0.3 is 0 Å². The predicted octanol–water partition coefficient (Wildman–Crippen LogP) is 1.35. The summed E-state index contributed by atoms with van der Waals surface area (Å²) in [5.41, 5.74) is 0.244. The molecule has 9 heavy (non-hydrogen) atoms. The SMILES string of the molecule is C=C(C=O)N=C/C=C\C. The summed E-state index contributed by atoms with van der Waals surface area (Å²) < 4.78 is 0. The fourth-order valence-corrected chi connectivity index (χ4v) is 0.255. The van der Waals surface area contributed by atoms with Crippen molar-refractivity contribution in [2.45, 2.75) is 6.92 Å². The fourth-order valence-electron chi connectivity index (χ4n) is 0.255. The summed E-state index contributed by atoms with van der Waals surface area (Å²) in [5, 5.41) is 0. The van der Waals surface area contributed by atoms with Crippen molar-refractivity contribution in [2.24, 2.45) is 4.99 Å². The molecule has 0 aromatic rings. The topological polar surface area (TPSA) is 29.4 Å². The molecule has 2 heteroatoms. The number of hydrogen-bond acceptors (Lipinski definition) is 2. The van der Waals surface area contributed by atoms with Crippen molar-refractivity contribution in [3.05, 3.63) is 24.4 Å². The minimum atomic E-state index is 0.244. The molecule has 0 aliphatic rings. The summed E-state index contributed by atoms with van der Waals surface area (Å²) in [7, 11) is 0. The van der Waals surface area contributed by atoms with E-state index in [9.17, 15) is 4.79 Å². The summed E-state index contributed by atoms with van der Waals surface area (Å²) in [4.78, 5) is 13.5. The van der Waals surface area contributed by atoms with Crippen LogP contribution in [-0.4, -0.2) is 12.5 Å². The smallest absolute Gasteiger partial charge is 0.167 e. The molecule has 0 atom stereocenters. The van der Waals surface area contributed by atoms with Gasteiger partial charge in [-0.1, -0.05) is 12.7 Å². The lowest BCUT2D eigenvalue weighted by Crippen LogP contribution is -1.74. The molecular formula is C7H9NO. The number of aldehydes is 1. The molecule has 0 radical (unpaired) electrons. The third-order valence-electron chi connectivity index (χ3n) is 0.655. The van der Waals surface area contributed by atoms with Crippen molar-refractivity contribution in [3.8, 4) is 0 Å². The highest BCUT2D eigenvalue weighted by molar-refractivity contribution is 5.79. The van der Waals surface area contributed by atoms with Gasteiger partial charge in [0.1, 0.15) is 0 Å². The highest BCUT2D eigenvalue weighted by Crippen LogP contribution is 1.82. The third kappa shape index (κ3) is 4.68. The highest BCUT2D eigenvalue weighted by Gasteiger charge is 1.77. The molecule has 0 spiro atoms. The van der Waals surface area contributed by atoms with E-state index in [0.29, 0.717) is 6.29 Å². The number of carbonyl (C=O) groups excluding carboxylic acids is 1. The van der Waals surface area contributed by atoms with Gasteiger partial charge in [-0.2, -0.15) is 0 Å². The molecule has 0 aromatic heterocycles. The van der Waals surface area contributed by atoms with Gasteiger partial charge in [0, 0.05) is 6.21 Å². The van der Waals surface area contributed by atoms with Crippen LogP contribution >= 0.6 is 0 Å². The third-order valence-corrected chi connectivity index (χ3v) is 0.655. The maximum Gasteiger partial charge on any atom is 0.167 e. The zero-order chi connectivity index (χ0) is 7.11. The van der Waals surface area contributed by atoms with E-state index in [4.69, 9.17) is 0 Å². The van der Waals surface area contributed by atoms with E-state index in [-0.39, 0.29) is 5.70 Å². The maximum absolute atomic E-state index is 9.86. The van der Waals surface area contributed by atoms with E-state index >= 15 is 0 Å². The summed E-state index contributed by atoms with van der Waals surface area (Å²) in [6.07, 6.45) is 5.69. The van der Waals surface area contributed by atoms with E-state index in [0.717, 1.165) is 0 Å². The Labute approximate surface area is 54.6 Å². The standard InChI is InChI=1S/C7H9NO/c1-3-4-5-8-7(2)6-9/h3-6H,2H2,1H3/b4-3-,8-5?. The van der Waals surface area contributed by atoms with Crippen LogP contribution < -0.4 is 0 Å². The van der Waals surface area contributed by atoms with E-state index in [2.05, 4.69) is 11.6 Å². The molecule has 2 nitrogen and oxygen atoms in total. The Kier molecular flexibility index (Phi) is 4.32. The largest absolute Gasteiger partial charge is 0.296 e. The second-order valence-corrected chi connectivity index (χ2v) is 1.41. The van der Waals surface area contributed by atoms with Gasteiger partial charge in [-0.05, 0) is 13.0 Å². The zero-order valence-corrected chi connectivity index (χ0v) is 5.37. The Bertz CT molecular complexity index is 156. The quantitative estimate of drug-likeness (QED) is 0.316. The van der Waals surface area contributed by atoms with E-state index in [1.54, 1.807) is 6.08 Å². The van der Waals surface area contributed by atoms with Gasteiger partial charge in [0.15, 0.2) is 6.29 Å². The van der Waals surface area contributed by atoms with Gasteiger partial charge in [0.25, 0.3) is 0 Å². The molecule has 0 unspecified atom stereocenters. The lowest BCUT2D eigenvalue weighted by molar-refractivity contribution is -0.104. The molecule has 0 N–H and O–H groups in total. The van der Waals surface area contributed by atoms with Crippen LogP contribution in [0.25, 0.3) is 0 Å². The highest BCUT2D eigenvalue weighted by atomic mass is 16.1. The van der Waals surface area contributed by atoms with Gasteiger partial charge < -0.3 is 0 Å². The number of rotatable bonds is 3. The Morgan fingerprint density at radius 2 is 2.33 bits per heavy atom. The van der Waals surface area contributed by atoms with Gasteiger partial charge in [0.05, 0.1) is 5.70 Å². The first-order valence-corrected chi connectivity index (χ1v) is 2.60. The monoisotopic (exact) mass is 123 g/mol.